The highest BCUT2D eigenvalue weighted by Gasteiger charge is 2.17. The third-order valence-electron chi connectivity index (χ3n) is 5.16. The van der Waals surface area contributed by atoms with Crippen LogP contribution in [-0.4, -0.2) is 21.6 Å². The van der Waals surface area contributed by atoms with E-state index in [9.17, 15) is 14.4 Å². The normalized spacial score (nSPS) is 10.9. The average Bonchev–Trinajstić information content (AvgIpc) is 2.84. The van der Waals surface area contributed by atoms with Crippen molar-refractivity contribution in [2.75, 3.05) is 0 Å². The minimum atomic E-state index is -0.620. The fraction of sp³-hybridized carbons (Fsp3) is 0.0769. The second-order valence-corrected chi connectivity index (χ2v) is 7.48. The van der Waals surface area contributed by atoms with Gasteiger partial charge in [0, 0.05) is 11.5 Å². The molecule has 1 aromatic heterocycles. The highest BCUT2D eigenvalue weighted by molar-refractivity contribution is 6.05. The lowest BCUT2D eigenvalue weighted by molar-refractivity contribution is -0.117. The van der Waals surface area contributed by atoms with E-state index in [0.29, 0.717) is 10.8 Å². The maximum Gasteiger partial charge on any atom is 0.290 e. The van der Waals surface area contributed by atoms with Gasteiger partial charge >= 0.3 is 0 Å². The smallest absolute Gasteiger partial charge is 0.268 e. The number of hydrazine groups is 1. The number of benzene rings is 3. The second-order valence-electron chi connectivity index (χ2n) is 7.48. The predicted octanol–water partition coefficient (Wildman–Crippen LogP) is 3.23. The third-order valence-corrected chi connectivity index (χ3v) is 5.16. The van der Waals surface area contributed by atoms with Crippen LogP contribution in [0, 0.1) is 6.92 Å². The van der Waals surface area contributed by atoms with Crippen molar-refractivity contribution < 1.29 is 9.59 Å². The lowest BCUT2D eigenvalue weighted by Crippen LogP contribution is -2.42. The molecule has 0 atom stereocenters. The molecule has 7 heteroatoms. The van der Waals surface area contributed by atoms with Crippen molar-refractivity contribution in [3.05, 3.63) is 118 Å². The van der Waals surface area contributed by atoms with Gasteiger partial charge < -0.3 is 0 Å². The number of aryl methyl sites for hydroxylation is 1. The molecule has 0 saturated carbocycles. The molecule has 0 aliphatic rings. The van der Waals surface area contributed by atoms with Gasteiger partial charge in [-0.1, -0.05) is 72.8 Å². The standard InChI is InChI=1S/C26H22N4O3/c1-18-9-5-6-12-20(18)15-16-23(31)27-28-25(32)24-21-13-7-8-14-22(21)26(33)30(29-24)17-19-10-3-2-4-11-19/h2-16H,17H2,1H3,(H,27,31)(H,28,32)/b16-15+. The molecule has 0 spiro atoms. The van der Waals surface area contributed by atoms with Gasteiger partial charge in [0.1, 0.15) is 0 Å². The molecular formula is C26H22N4O3. The van der Waals surface area contributed by atoms with E-state index in [1.165, 1.54) is 10.8 Å². The number of fused-ring (bicyclic) bond motifs is 1. The van der Waals surface area contributed by atoms with E-state index in [0.717, 1.165) is 16.7 Å². The summed E-state index contributed by atoms with van der Waals surface area (Å²) in [6.45, 7) is 2.16. The molecule has 0 radical (unpaired) electrons. The molecule has 0 aliphatic carbocycles. The highest BCUT2D eigenvalue weighted by Crippen LogP contribution is 2.14. The SMILES string of the molecule is Cc1ccccc1/C=C/C(=O)NNC(=O)c1nn(Cc2ccccc2)c(=O)c2ccccc12. The number of nitrogens with zero attached hydrogens (tertiary/aromatic N) is 2. The topological polar surface area (TPSA) is 93.1 Å². The number of amides is 2. The first-order valence-electron chi connectivity index (χ1n) is 10.4. The van der Waals surface area contributed by atoms with Crippen LogP contribution in [-0.2, 0) is 11.3 Å². The molecule has 2 N–H and O–H groups in total. The monoisotopic (exact) mass is 438 g/mol. The van der Waals surface area contributed by atoms with Gasteiger partial charge in [-0.3, -0.25) is 25.2 Å². The molecule has 0 aliphatic heterocycles. The molecule has 4 rings (SSSR count). The van der Waals surface area contributed by atoms with Crippen molar-refractivity contribution in [1.29, 1.82) is 0 Å². The Kier molecular flexibility index (Phi) is 6.40. The van der Waals surface area contributed by atoms with Crippen molar-refractivity contribution >= 4 is 28.7 Å². The summed E-state index contributed by atoms with van der Waals surface area (Å²) in [7, 11) is 0. The summed E-state index contributed by atoms with van der Waals surface area (Å²) >= 11 is 0. The van der Waals surface area contributed by atoms with Crippen LogP contribution in [0.3, 0.4) is 0 Å². The molecule has 0 bridgehead atoms. The molecule has 4 aromatic rings. The van der Waals surface area contributed by atoms with E-state index in [1.54, 1.807) is 30.3 Å². The molecule has 3 aromatic carbocycles. The highest BCUT2D eigenvalue weighted by atomic mass is 16.2. The zero-order chi connectivity index (χ0) is 23.2. The maximum absolute atomic E-state index is 12.9. The summed E-state index contributed by atoms with van der Waals surface area (Å²) in [5, 5.41) is 5.09. The van der Waals surface area contributed by atoms with Gasteiger partial charge in [0.15, 0.2) is 5.69 Å². The molecule has 7 nitrogen and oxygen atoms in total. The summed E-state index contributed by atoms with van der Waals surface area (Å²) in [4.78, 5) is 38.0. The van der Waals surface area contributed by atoms with E-state index < -0.39 is 11.8 Å². The van der Waals surface area contributed by atoms with Crippen LogP contribution < -0.4 is 16.4 Å². The Bertz CT molecular complexity index is 1410. The number of carbonyl (C=O) groups excluding carboxylic acids is 2. The number of hydrogen-bond donors (Lipinski definition) is 2. The Hall–Kier alpha value is -4.52. The quantitative estimate of drug-likeness (QED) is 0.370. The van der Waals surface area contributed by atoms with E-state index in [2.05, 4.69) is 16.0 Å². The van der Waals surface area contributed by atoms with Gasteiger partial charge in [0.25, 0.3) is 17.4 Å². The Morgan fingerprint density at radius 2 is 1.55 bits per heavy atom. The summed E-state index contributed by atoms with van der Waals surface area (Å²) in [5.74, 6) is -1.11. The number of carbonyl (C=O) groups is 2. The van der Waals surface area contributed by atoms with Gasteiger partial charge in [-0.15, -0.1) is 0 Å². The van der Waals surface area contributed by atoms with Crippen molar-refractivity contribution in [2.24, 2.45) is 0 Å². The van der Waals surface area contributed by atoms with Crippen molar-refractivity contribution in [3.8, 4) is 0 Å². The molecule has 1 heterocycles. The lowest BCUT2D eigenvalue weighted by Gasteiger charge is -2.11. The van der Waals surface area contributed by atoms with Crippen LogP contribution in [0.5, 0.6) is 0 Å². The van der Waals surface area contributed by atoms with Crippen LogP contribution in [0.25, 0.3) is 16.8 Å². The first-order chi connectivity index (χ1) is 16.0. The Morgan fingerprint density at radius 3 is 2.30 bits per heavy atom. The fourth-order valence-corrected chi connectivity index (χ4v) is 3.42. The van der Waals surface area contributed by atoms with E-state index in [-0.39, 0.29) is 17.8 Å². The zero-order valence-electron chi connectivity index (χ0n) is 18.0. The fourth-order valence-electron chi connectivity index (χ4n) is 3.42. The van der Waals surface area contributed by atoms with Crippen LogP contribution >= 0.6 is 0 Å². The van der Waals surface area contributed by atoms with Gasteiger partial charge in [-0.25, -0.2) is 4.68 Å². The molecule has 2 amide bonds. The minimum absolute atomic E-state index is 0.0457. The van der Waals surface area contributed by atoms with Crippen LogP contribution in [0.1, 0.15) is 27.2 Å². The summed E-state index contributed by atoms with van der Waals surface area (Å²) < 4.78 is 1.26. The predicted molar refractivity (Wildman–Crippen MR) is 127 cm³/mol. The third kappa shape index (κ3) is 5.04. The Labute approximate surface area is 190 Å². The molecule has 0 saturated heterocycles. The van der Waals surface area contributed by atoms with Crippen molar-refractivity contribution in [2.45, 2.75) is 13.5 Å². The van der Waals surface area contributed by atoms with E-state index in [4.69, 9.17) is 0 Å². The molecular weight excluding hydrogens is 416 g/mol. The van der Waals surface area contributed by atoms with Gasteiger partial charge in [0.05, 0.1) is 11.9 Å². The molecule has 0 unspecified atom stereocenters. The van der Waals surface area contributed by atoms with Crippen molar-refractivity contribution in [3.63, 3.8) is 0 Å². The van der Waals surface area contributed by atoms with Gasteiger partial charge in [-0.05, 0) is 35.8 Å². The minimum Gasteiger partial charge on any atom is -0.268 e. The Balaban J connectivity index is 1.56. The van der Waals surface area contributed by atoms with E-state index >= 15 is 0 Å². The molecule has 164 valence electrons. The first kappa shape index (κ1) is 21.7. The largest absolute Gasteiger partial charge is 0.290 e. The first-order valence-corrected chi connectivity index (χ1v) is 10.4. The average molecular weight is 438 g/mol. The number of hydrogen-bond acceptors (Lipinski definition) is 4. The lowest BCUT2D eigenvalue weighted by atomic mass is 10.1. The Morgan fingerprint density at radius 1 is 0.879 bits per heavy atom. The van der Waals surface area contributed by atoms with Crippen molar-refractivity contribution in [1.82, 2.24) is 20.6 Å². The summed E-state index contributed by atoms with van der Waals surface area (Å²) in [6, 6.07) is 23.8. The second kappa shape index (κ2) is 9.74. The van der Waals surface area contributed by atoms with Crippen LogP contribution in [0.15, 0.2) is 89.7 Å². The van der Waals surface area contributed by atoms with Crippen LogP contribution in [0.4, 0.5) is 0 Å². The number of nitrogens with one attached hydrogen (secondary N) is 2. The van der Waals surface area contributed by atoms with Crippen LogP contribution in [0.2, 0.25) is 0 Å². The summed E-state index contributed by atoms with van der Waals surface area (Å²) in [6.07, 6.45) is 3.01. The summed E-state index contributed by atoms with van der Waals surface area (Å²) in [5.41, 5.74) is 7.31. The maximum atomic E-state index is 12.9. The molecule has 33 heavy (non-hydrogen) atoms. The number of aromatic nitrogens is 2. The number of rotatable bonds is 5. The van der Waals surface area contributed by atoms with E-state index in [1.807, 2.05) is 61.5 Å². The molecule has 0 fully saturated rings. The van der Waals surface area contributed by atoms with Gasteiger partial charge in [-0.2, -0.15) is 5.10 Å². The zero-order valence-corrected chi connectivity index (χ0v) is 18.0. The van der Waals surface area contributed by atoms with Gasteiger partial charge in [0.2, 0.25) is 0 Å².